The molecule has 1 heterocycles. The van der Waals surface area contributed by atoms with Gasteiger partial charge in [-0.3, -0.25) is 9.36 Å². The van der Waals surface area contributed by atoms with Crippen molar-refractivity contribution in [2.45, 2.75) is 13.0 Å². The van der Waals surface area contributed by atoms with Gasteiger partial charge in [-0.05, 0) is 19.1 Å². The minimum Gasteiger partial charge on any atom is -0.394 e. The van der Waals surface area contributed by atoms with Gasteiger partial charge in [0, 0.05) is 11.7 Å². The molecule has 1 aromatic heterocycles. The fourth-order valence-corrected chi connectivity index (χ4v) is 1.60. The van der Waals surface area contributed by atoms with Crippen molar-refractivity contribution in [3.05, 3.63) is 48.5 Å². The van der Waals surface area contributed by atoms with Crippen LogP contribution in [0, 0.1) is 0 Å². The number of aliphatic hydroxyl groups excluding tert-OH is 1. The van der Waals surface area contributed by atoms with Gasteiger partial charge in [0.25, 0.3) is 5.91 Å². The normalized spacial score (nSPS) is 12.1. The van der Waals surface area contributed by atoms with Crippen molar-refractivity contribution in [2.75, 3.05) is 6.61 Å². The topological polar surface area (TPSA) is 67.2 Å². The Kier molecular flexibility index (Phi) is 3.74. The second-order valence-electron chi connectivity index (χ2n) is 4.04. The molecule has 0 aliphatic carbocycles. The maximum absolute atomic E-state index is 12.0. The highest BCUT2D eigenvalue weighted by Crippen LogP contribution is 2.10. The lowest BCUT2D eigenvalue weighted by Crippen LogP contribution is -2.35. The molecule has 94 valence electrons. The molecule has 1 atom stereocenters. The highest BCUT2D eigenvalue weighted by Gasteiger charge is 2.14. The Bertz CT molecular complexity index is 522. The molecular formula is C13H15N3O2. The number of benzene rings is 1. The van der Waals surface area contributed by atoms with E-state index in [0.29, 0.717) is 5.69 Å². The van der Waals surface area contributed by atoms with Gasteiger partial charge in [0.1, 0.15) is 5.69 Å². The third-order valence-electron chi connectivity index (χ3n) is 2.56. The zero-order valence-corrected chi connectivity index (χ0v) is 10.1. The first-order valence-electron chi connectivity index (χ1n) is 5.72. The Morgan fingerprint density at radius 3 is 2.83 bits per heavy atom. The Labute approximate surface area is 105 Å². The first kappa shape index (κ1) is 12.3. The summed E-state index contributed by atoms with van der Waals surface area (Å²) in [6.45, 7) is 1.65. The van der Waals surface area contributed by atoms with E-state index < -0.39 is 0 Å². The first-order chi connectivity index (χ1) is 8.72. The largest absolute Gasteiger partial charge is 0.394 e. The van der Waals surface area contributed by atoms with Crippen molar-refractivity contribution in [3.8, 4) is 5.69 Å². The van der Waals surface area contributed by atoms with Crippen molar-refractivity contribution >= 4 is 5.91 Å². The molecule has 18 heavy (non-hydrogen) atoms. The lowest BCUT2D eigenvalue weighted by molar-refractivity contribution is 0.0915. The van der Waals surface area contributed by atoms with Crippen LogP contribution in [0.4, 0.5) is 0 Å². The molecule has 5 heteroatoms. The molecule has 0 aliphatic heterocycles. The van der Waals surface area contributed by atoms with Crippen LogP contribution in [0.5, 0.6) is 0 Å². The Hall–Kier alpha value is -2.14. The Morgan fingerprint density at radius 1 is 1.44 bits per heavy atom. The molecule has 1 aromatic carbocycles. The van der Waals surface area contributed by atoms with Crippen molar-refractivity contribution in [3.63, 3.8) is 0 Å². The van der Waals surface area contributed by atoms with Crippen LogP contribution in [0.1, 0.15) is 17.4 Å². The van der Waals surface area contributed by atoms with Gasteiger partial charge in [-0.25, -0.2) is 4.98 Å². The van der Waals surface area contributed by atoms with Gasteiger partial charge < -0.3 is 10.4 Å². The van der Waals surface area contributed by atoms with Crippen molar-refractivity contribution in [1.82, 2.24) is 14.9 Å². The Balaban J connectivity index is 2.26. The van der Waals surface area contributed by atoms with E-state index in [1.54, 1.807) is 17.8 Å². The molecule has 0 fully saturated rings. The number of hydrogen-bond donors (Lipinski definition) is 2. The van der Waals surface area contributed by atoms with Crippen LogP contribution in [0.15, 0.2) is 42.9 Å². The molecule has 2 aromatic rings. The van der Waals surface area contributed by atoms with E-state index in [1.165, 1.54) is 6.20 Å². The molecule has 0 bridgehead atoms. The highest BCUT2D eigenvalue weighted by molar-refractivity contribution is 5.93. The molecule has 5 nitrogen and oxygen atoms in total. The molecule has 1 unspecified atom stereocenters. The first-order valence-corrected chi connectivity index (χ1v) is 5.72. The second-order valence-corrected chi connectivity index (χ2v) is 4.04. The molecular weight excluding hydrogens is 230 g/mol. The van der Waals surface area contributed by atoms with E-state index in [1.807, 2.05) is 30.3 Å². The SMILES string of the molecule is CC(CO)NC(=O)c1cncn1-c1ccccc1. The quantitative estimate of drug-likeness (QED) is 0.844. The number of carbonyl (C=O) groups is 1. The number of carbonyl (C=O) groups excluding carboxylic acids is 1. The third-order valence-corrected chi connectivity index (χ3v) is 2.56. The van der Waals surface area contributed by atoms with E-state index in [4.69, 9.17) is 5.11 Å². The zero-order valence-electron chi connectivity index (χ0n) is 10.1. The summed E-state index contributed by atoms with van der Waals surface area (Å²) in [6, 6.07) is 9.22. The van der Waals surface area contributed by atoms with Crippen LogP contribution in [-0.4, -0.2) is 33.2 Å². The second kappa shape index (κ2) is 5.46. The molecule has 2 rings (SSSR count). The third kappa shape index (κ3) is 2.57. The van der Waals surface area contributed by atoms with E-state index in [9.17, 15) is 4.79 Å². The van der Waals surface area contributed by atoms with Crippen molar-refractivity contribution in [1.29, 1.82) is 0 Å². The van der Waals surface area contributed by atoms with Crippen LogP contribution in [0.25, 0.3) is 5.69 Å². The lowest BCUT2D eigenvalue weighted by atomic mass is 10.3. The summed E-state index contributed by atoms with van der Waals surface area (Å²) in [5.41, 5.74) is 1.32. The molecule has 0 saturated heterocycles. The Morgan fingerprint density at radius 2 is 2.17 bits per heavy atom. The van der Waals surface area contributed by atoms with Gasteiger partial charge in [0.2, 0.25) is 0 Å². The summed E-state index contributed by atoms with van der Waals surface area (Å²) in [4.78, 5) is 16.0. The van der Waals surface area contributed by atoms with E-state index in [2.05, 4.69) is 10.3 Å². The molecule has 2 N–H and O–H groups in total. The minimum absolute atomic E-state index is 0.0920. The van der Waals surface area contributed by atoms with Crippen LogP contribution in [-0.2, 0) is 0 Å². The maximum atomic E-state index is 12.0. The summed E-state index contributed by atoms with van der Waals surface area (Å²) in [7, 11) is 0. The van der Waals surface area contributed by atoms with Gasteiger partial charge in [-0.1, -0.05) is 18.2 Å². The smallest absolute Gasteiger partial charge is 0.270 e. The predicted octanol–water partition coefficient (Wildman–Crippen LogP) is 0.983. The van der Waals surface area contributed by atoms with E-state index in [-0.39, 0.29) is 18.6 Å². The van der Waals surface area contributed by atoms with Gasteiger partial charge in [-0.15, -0.1) is 0 Å². The number of hydrogen-bond acceptors (Lipinski definition) is 3. The van der Waals surface area contributed by atoms with Crippen molar-refractivity contribution < 1.29 is 9.90 Å². The number of nitrogens with zero attached hydrogens (tertiary/aromatic N) is 2. The maximum Gasteiger partial charge on any atom is 0.270 e. The molecule has 0 aliphatic rings. The van der Waals surface area contributed by atoms with Crippen molar-refractivity contribution in [2.24, 2.45) is 0 Å². The summed E-state index contributed by atoms with van der Waals surface area (Å²) in [5.74, 6) is -0.252. The molecule has 0 saturated carbocycles. The average Bonchev–Trinajstić information content (AvgIpc) is 2.88. The molecule has 0 spiro atoms. The van der Waals surface area contributed by atoms with Gasteiger partial charge in [-0.2, -0.15) is 0 Å². The van der Waals surface area contributed by atoms with E-state index >= 15 is 0 Å². The number of amides is 1. The lowest BCUT2D eigenvalue weighted by Gasteiger charge is -2.12. The standard InChI is InChI=1S/C13H15N3O2/c1-10(8-17)15-13(18)12-7-14-9-16(12)11-5-3-2-4-6-11/h2-7,9-10,17H,8H2,1H3,(H,15,18). The fraction of sp³-hybridized carbons (Fsp3) is 0.231. The van der Waals surface area contributed by atoms with Crippen LogP contribution in [0.2, 0.25) is 0 Å². The van der Waals surface area contributed by atoms with Crippen LogP contribution < -0.4 is 5.32 Å². The number of rotatable bonds is 4. The number of aromatic nitrogens is 2. The highest BCUT2D eigenvalue weighted by atomic mass is 16.3. The van der Waals surface area contributed by atoms with Crippen LogP contribution in [0.3, 0.4) is 0 Å². The zero-order chi connectivity index (χ0) is 13.0. The predicted molar refractivity (Wildman–Crippen MR) is 67.6 cm³/mol. The van der Waals surface area contributed by atoms with Gasteiger partial charge in [0.15, 0.2) is 0 Å². The van der Waals surface area contributed by atoms with Gasteiger partial charge in [0.05, 0.1) is 19.1 Å². The van der Waals surface area contributed by atoms with Crippen LogP contribution >= 0.6 is 0 Å². The summed E-state index contributed by atoms with van der Waals surface area (Å²) < 4.78 is 1.71. The summed E-state index contributed by atoms with van der Waals surface area (Å²) in [5, 5.41) is 11.6. The fourth-order valence-electron chi connectivity index (χ4n) is 1.60. The van der Waals surface area contributed by atoms with E-state index in [0.717, 1.165) is 5.69 Å². The average molecular weight is 245 g/mol. The number of imidazole rings is 1. The number of aliphatic hydroxyl groups is 1. The molecule has 1 amide bonds. The number of para-hydroxylation sites is 1. The monoisotopic (exact) mass is 245 g/mol. The summed E-state index contributed by atoms with van der Waals surface area (Å²) >= 11 is 0. The summed E-state index contributed by atoms with van der Waals surface area (Å²) in [6.07, 6.45) is 3.10. The minimum atomic E-state index is -0.281. The molecule has 0 radical (unpaired) electrons. The number of nitrogens with one attached hydrogen (secondary N) is 1. The van der Waals surface area contributed by atoms with Gasteiger partial charge >= 0.3 is 0 Å².